The van der Waals surface area contributed by atoms with Gasteiger partial charge in [0, 0.05) is 48.3 Å². The molecule has 1 fully saturated rings. The summed E-state index contributed by atoms with van der Waals surface area (Å²) in [5, 5.41) is 6.64. The largest absolute Gasteiger partial charge is 0.444 e. The molecule has 0 aliphatic carbocycles. The number of ether oxygens (including phenoxy) is 1. The molecular weight excluding hydrogens is 499 g/mol. The fraction of sp³-hybridized carbons (Fsp3) is 0.444. The van der Waals surface area contributed by atoms with E-state index in [2.05, 4.69) is 20.6 Å². The molecular formula is C27H32F3N5O3. The van der Waals surface area contributed by atoms with Gasteiger partial charge in [-0.3, -0.25) is 4.79 Å². The standard InChI is InChI=1S/C27H32F3N5O3/c1-26(2,3)38-25(37)33-19-11-14-35(15-12-19)24-17(4-8-22(34-24)27(28,29)30)5-9-23(36)32-20-6-7-21-18(16-20)10-13-31-21/h4,6-8,10,13,16,19,31H,5,9,11-12,14-15H2,1-3H3,(H,32,36)(H,33,37). The van der Waals surface area contributed by atoms with Gasteiger partial charge in [0.15, 0.2) is 0 Å². The Bertz CT molecular complexity index is 1290. The third-order valence-corrected chi connectivity index (χ3v) is 6.22. The van der Waals surface area contributed by atoms with Crippen LogP contribution >= 0.6 is 0 Å². The zero-order chi connectivity index (χ0) is 27.5. The molecule has 0 atom stereocenters. The highest BCUT2D eigenvalue weighted by atomic mass is 19.4. The molecule has 2 amide bonds. The molecule has 11 heteroatoms. The molecule has 0 spiro atoms. The van der Waals surface area contributed by atoms with Gasteiger partial charge < -0.3 is 25.3 Å². The third-order valence-electron chi connectivity index (χ3n) is 6.22. The van der Waals surface area contributed by atoms with Crippen molar-refractivity contribution in [3.63, 3.8) is 0 Å². The zero-order valence-corrected chi connectivity index (χ0v) is 21.6. The van der Waals surface area contributed by atoms with E-state index < -0.39 is 23.6 Å². The number of nitrogens with one attached hydrogen (secondary N) is 3. The van der Waals surface area contributed by atoms with Crippen LogP contribution in [0.1, 0.15) is 51.3 Å². The van der Waals surface area contributed by atoms with Crippen LogP contribution in [0.25, 0.3) is 10.9 Å². The van der Waals surface area contributed by atoms with Gasteiger partial charge in [0.05, 0.1) is 0 Å². The van der Waals surface area contributed by atoms with Gasteiger partial charge in [-0.25, -0.2) is 9.78 Å². The number of amides is 2. The summed E-state index contributed by atoms with van der Waals surface area (Å²) < 4.78 is 45.6. The molecule has 3 heterocycles. The summed E-state index contributed by atoms with van der Waals surface area (Å²) in [5.41, 5.74) is 0.561. The number of aryl methyl sites for hydroxylation is 1. The van der Waals surface area contributed by atoms with Crippen molar-refractivity contribution in [3.05, 3.63) is 53.9 Å². The van der Waals surface area contributed by atoms with E-state index >= 15 is 0 Å². The van der Waals surface area contributed by atoms with Crippen molar-refractivity contribution in [2.24, 2.45) is 0 Å². The Morgan fingerprint density at radius 3 is 2.53 bits per heavy atom. The van der Waals surface area contributed by atoms with Gasteiger partial charge >= 0.3 is 12.3 Å². The molecule has 0 unspecified atom stereocenters. The molecule has 3 N–H and O–H groups in total. The van der Waals surface area contributed by atoms with Gasteiger partial charge in [-0.15, -0.1) is 0 Å². The Morgan fingerprint density at radius 1 is 1.11 bits per heavy atom. The molecule has 3 aromatic rings. The first kappa shape index (κ1) is 27.3. The highest BCUT2D eigenvalue weighted by Crippen LogP contribution is 2.32. The number of hydrogen-bond acceptors (Lipinski definition) is 5. The molecule has 0 bridgehead atoms. The average Bonchev–Trinajstić information content (AvgIpc) is 3.29. The third kappa shape index (κ3) is 7.17. The number of nitrogens with zero attached hydrogens (tertiary/aromatic N) is 2. The number of hydrogen-bond donors (Lipinski definition) is 3. The van der Waals surface area contributed by atoms with Gasteiger partial charge in [0.2, 0.25) is 5.91 Å². The number of H-pyrrole nitrogens is 1. The molecule has 4 rings (SSSR count). The van der Waals surface area contributed by atoms with Crippen molar-refractivity contribution in [1.82, 2.24) is 15.3 Å². The van der Waals surface area contributed by atoms with Gasteiger partial charge in [-0.2, -0.15) is 13.2 Å². The summed E-state index contributed by atoms with van der Waals surface area (Å²) in [4.78, 5) is 33.5. The number of pyridine rings is 1. The monoisotopic (exact) mass is 531 g/mol. The number of benzene rings is 1. The first-order chi connectivity index (χ1) is 17.9. The normalized spacial score (nSPS) is 14.9. The molecule has 1 aliphatic heterocycles. The van der Waals surface area contributed by atoms with Crippen LogP contribution < -0.4 is 15.5 Å². The Hall–Kier alpha value is -3.76. The number of aromatic amines is 1. The minimum absolute atomic E-state index is 0.0852. The lowest BCUT2D eigenvalue weighted by atomic mass is 10.0. The van der Waals surface area contributed by atoms with Gasteiger partial charge in [-0.05, 0) is 75.9 Å². The van der Waals surface area contributed by atoms with Gasteiger partial charge in [-0.1, -0.05) is 6.07 Å². The molecule has 1 aromatic carbocycles. The highest BCUT2D eigenvalue weighted by Gasteiger charge is 2.34. The van der Waals surface area contributed by atoms with Crippen molar-refractivity contribution in [3.8, 4) is 0 Å². The number of alkyl carbamates (subject to hydrolysis) is 1. The number of alkyl halides is 3. The van der Waals surface area contributed by atoms with Crippen LogP contribution in [-0.2, 0) is 22.1 Å². The maximum atomic E-state index is 13.4. The topological polar surface area (TPSA) is 99.3 Å². The predicted octanol–water partition coefficient (Wildman–Crippen LogP) is 5.65. The first-order valence-electron chi connectivity index (χ1n) is 12.6. The average molecular weight is 532 g/mol. The number of carbonyl (C=O) groups excluding carboxylic acids is 2. The van der Waals surface area contributed by atoms with Crippen LogP contribution in [-0.4, -0.2) is 46.7 Å². The van der Waals surface area contributed by atoms with Gasteiger partial charge in [0.25, 0.3) is 0 Å². The van der Waals surface area contributed by atoms with Crippen molar-refractivity contribution in [1.29, 1.82) is 0 Å². The number of rotatable bonds is 6. The van der Waals surface area contributed by atoms with Crippen LogP contribution in [0.2, 0.25) is 0 Å². The molecule has 1 aliphatic rings. The van der Waals surface area contributed by atoms with E-state index in [1.165, 1.54) is 6.07 Å². The number of anilines is 2. The molecule has 1 saturated heterocycles. The Balaban J connectivity index is 1.41. The quantitative estimate of drug-likeness (QED) is 0.382. The van der Waals surface area contributed by atoms with E-state index in [9.17, 15) is 22.8 Å². The summed E-state index contributed by atoms with van der Waals surface area (Å²) in [5.74, 6) is -0.0249. The lowest BCUT2D eigenvalue weighted by molar-refractivity contribution is -0.141. The van der Waals surface area contributed by atoms with Crippen LogP contribution in [0.3, 0.4) is 0 Å². The van der Waals surface area contributed by atoms with Crippen LogP contribution in [0.5, 0.6) is 0 Å². The number of aromatic nitrogens is 2. The lowest BCUT2D eigenvalue weighted by Crippen LogP contribution is -2.46. The lowest BCUT2D eigenvalue weighted by Gasteiger charge is -2.34. The van der Waals surface area contributed by atoms with E-state index in [1.807, 2.05) is 24.4 Å². The summed E-state index contributed by atoms with van der Waals surface area (Å²) in [6.07, 6.45) is -1.92. The van der Waals surface area contributed by atoms with Crippen molar-refractivity contribution in [2.45, 2.75) is 64.3 Å². The second kappa shape index (κ2) is 10.9. The SMILES string of the molecule is CC(C)(C)OC(=O)NC1CCN(c2nc(C(F)(F)F)ccc2CCC(=O)Nc2ccc3[nH]ccc3c2)CC1. The van der Waals surface area contributed by atoms with Crippen molar-refractivity contribution < 1.29 is 27.5 Å². The van der Waals surface area contributed by atoms with Crippen LogP contribution in [0, 0.1) is 0 Å². The Morgan fingerprint density at radius 2 is 1.84 bits per heavy atom. The summed E-state index contributed by atoms with van der Waals surface area (Å²) >= 11 is 0. The number of halogens is 3. The molecule has 2 aromatic heterocycles. The Labute approximate surface area is 218 Å². The number of fused-ring (bicyclic) bond motifs is 1. The highest BCUT2D eigenvalue weighted by molar-refractivity contribution is 5.93. The van der Waals surface area contributed by atoms with Crippen LogP contribution in [0.15, 0.2) is 42.6 Å². The smallest absolute Gasteiger partial charge is 0.433 e. The summed E-state index contributed by atoms with van der Waals surface area (Å²) in [6.45, 7) is 6.14. The Kier molecular flexibility index (Phi) is 7.84. The van der Waals surface area contributed by atoms with Crippen molar-refractivity contribution in [2.75, 3.05) is 23.3 Å². The van der Waals surface area contributed by atoms with E-state index in [-0.39, 0.29) is 30.6 Å². The second-order valence-corrected chi connectivity index (χ2v) is 10.4. The second-order valence-electron chi connectivity index (χ2n) is 10.4. The predicted molar refractivity (Wildman–Crippen MR) is 139 cm³/mol. The van der Waals surface area contributed by atoms with E-state index in [0.717, 1.165) is 17.0 Å². The van der Waals surface area contributed by atoms with E-state index in [4.69, 9.17) is 4.74 Å². The molecule has 8 nitrogen and oxygen atoms in total. The number of carbonyl (C=O) groups is 2. The number of piperidine rings is 1. The molecule has 204 valence electrons. The van der Waals surface area contributed by atoms with Crippen molar-refractivity contribution >= 4 is 34.4 Å². The summed E-state index contributed by atoms with van der Waals surface area (Å²) in [6, 6.07) is 9.60. The minimum atomic E-state index is -4.59. The van der Waals surface area contributed by atoms with Gasteiger partial charge in [0.1, 0.15) is 17.1 Å². The minimum Gasteiger partial charge on any atom is -0.444 e. The van der Waals surface area contributed by atoms with E-state index in [0.29, 0.717) is 37.2 Å². The van der Waals surface area contributed by atoms with E-state index in [1.54, 1.807) is 31.7 Å². The molecule has 38 heavy (non-hydrogen) atoms. The summed E-state index contributed by atoms with van der Waals surface area (Å²) in [7, 11) is 0. The fourth-order valence-electron chi connectivity index (χ4n) is 4.42. The molecule has 0 saturated carbocycles. The van der Waals surface area contributed by atoms with Crippen LogP contribution in [0.4, 0.5) is 29.5 Å². The first-order valence-corrected chi connectivity index (χ1v) is 12.6. The zero-order valence-electron chi connectivity index (χ0n) is 21.6. The molecule has 0 radical (unpaired) electrons. The maximum Gasteiger partial charge on any atom is 0.433 e. The maximum absolute atomic E-state index is 13.4. The fourth-order valence-corrected chi connectivity index (χ4v) is 4.42.